The Kier molecular flexibility index (Phi) is 1.78. The lowest BCUT2D eigenvalue weighted by Crippen LogP contribution is -2.11. The molecule has 1 heterocycles. The Bertz CT molecular complexity index is 545. The molecule has 0 amide bonds. The van der Waals surface area contributed by atoms with Crippen LogP contribution in [0.2, 0.25) is 0 Å². The maximum atomic E-state index is 8.93. The minimum absolute atomic E-state index is 0.200. The van der Waals surface area contributed by atoms with Gasteiger partial charge in [0.1, 0.15) is 0 Å². The number of hydrogen-bond donors (Lipinski definition) is 1. The van der Waals surface area contributed by atoms with Crippen molar-refractivity contribution < 1.29 is 0 Å². The van der Waals surface area contributed by atoms with E-state index in [-0.39, 0.29) is 5.92 Å². The average molecular weight is 196 g/mol. The number of fused-ring (bicyclic) bond motifs is 3. The number of rotatable bonds is 0. The van der Waals surface area contributed by atoms with Gasteiger partial charge in [-0.1, -0.05) is 18.2 Å². The molecule has 2 aromatic rings. The van der Waals surface area contributed by atoms with E-state index in [0.717, 1.165) is 19.3 Å². The van der Waals surface area contributed by atoms with E-state index in [1.54, 1.807) is 0 Å². The van der Waals surface area contributed by atoms with Crippen molar-refractivity contribution in [3.05, 3.63) is 35.5 Å². The van der Waals surface area contributed by atoms with E-state index in [1.165, 1.54) is 22.2 Å². The van der Waals surface area contributed by atoms with Gasteiger partial charge >= 0.3 is 0 Å². The maximum absolute atomic E-state index is 8.93. The highest BCUT2D eigenvalue weighted by atomic mass is 14.7. The first-order chi connectivity index (χ1) is 7.38. The van der Waals surface area contributed by atoms with Crippen LogP contribution in [0.5, 0.6) is 0 Å². The summed E-state index contributed by atoms with van der Waals surface area (Å²) in [5.41, 5.74) is 3.91. The van der Waals surface area contributed by atoms with Crippen LogP contribution in [0.1, 0.15) is 17.7 Å². The molecule has 2 nitrogen and oxygen atoms in total. The van der Waals surface area contributed by atoms with Gasteiger partial charge in [-0.05, 0) is 24.5 Å². The fourth-order valence-electron chi connectivity index (χ4n) is 2.49. The van der Waals surface area contributed by atoms with Crippen LogP contribution in [-0.2, 0) is 12.8 Å². The lowest BCUT2D eigenvalue weighted by Gasteiger charge is -2.15. The smallest absolute Gasteiger partial charge is 0.0659 e. The lowest BCUT2D eigenvalue weighted by atomic mass is 9.88. The third kappa shape index (κ3) is 1.24. The molecule has 0 spiro atoms. The van der Waals surface area contributed by atoms with Gasteiger partial charge in [0.2, 0.25) is 0 Å². The number of nitriles is 1. The van der Waals surface area contributed by atoms with Crippen molar-refractivity contribution in [3.63, 3.8) is 0 Å². The zero-order valence-corrected chi connectivity index (χ0v) is 8.46. The fraction of sp³-hybridized carbons (Fsp3) is 0.308. The predicted molar refractivity (Wildman–Crippen MR) is 59.4 cm³/mol. The van der Waals surface area contributed by atoms with Crippen molar-refractivity contribution in [2.75, 3.05) is 0 Å². The second-order valence-electron chi connectivity index (χ2n) is 4.20. The summed E-state index contributed by atoms with van der Waals surface area (Å²) >= 11 is 0. The molecule has 1 aliphatic rings. The minimum Gasteiger partial charge on any atom is -0.358 e. The van der Waals surface area contributed by atoms with Gasteiger partial charge in [-0.3, -0.25) is 0 Å². The standard InChI is InChI=1S/C13H12N2/c14-8-9-5-6-11-10-3-1-2-4-12(10)15-13(11)7-9/h1-4,9,15H,5-7H2. The van der Waals surface area contributed by atoms with Gasteiger partial charge in [0.15, 0.2) is 0 Å². The van der Waals surface area contributed by atoms with Gasteiger partial charge in [-0.2, -0.15) is 5.26 Å². The highest BCUT2D eigenvalue weighted by Gasteiger charge is 2.21. The summed E-state index contributed by atoms with van der Waals surface area (Å²) in [5.74, 6) is 0.200. The van der Waals surface area contributed by atoms with E-state index in [4.69, 9.17) is 5.26 Å². The molecule has 1 aliphatic carbocycles. The molecule has 15 heavy (non-hydrogen) atoms. The largest absolute Gasteiger partial charge is 0.358 e. The summed E-state index contributed by atoms with van der Waals surface area (Å²) in [5, 5.41) is 10.3. The molecule has 1 aromatic carbocycles. The van der Waals surface area contributed by atoms with Gasteiger partial charge < -0.3 is 4.98 Å². The minimum atomic E-state index is 0.200. The third-order valence-electron chi connectivity index (χ3n) is 3.28. The Morgan fingerprint density at radius 2 is 2.20 bits per heavy atom. The van der Waals surface area contributed by atoms with E-state index in [1.807, 2.05) is 6.07 Å². The number of aryl methyl sites for hydroxylation is 1. The molecule has 1 aromatic heterocycles. The molecule has 0 radical (unpaired) electrons. The Balaban J connectivity index is 2.17. The van der Waals surface area contributed by atoms with Crippen molar-refractivity contribution >= 4 is 10.9 Å². The topological polar surface area (TPSA) is 39.6 Å². The van der Waals surface area contributed by atoms with Crippen LogP contribution in [-0.4, -0.2) is 4.98 Å². The molecular weight excluding hydrogens is 184 g/mol. The molecule has 0 saturated heterocycles. The number of benzene rings is 1. The van der Waals surface area contributed by atoms with E-state index in [9.17, 15) is 0 Å². The van der Waals surface area contributed by atoms with Gasteiger partial charge in [0, 0.05) is 23.0 Å². The van der Waals surface area contributed by atoms with Crippen molar-refractivity contribution in [2.45, 2.75) is 19.3 Å². The zero-order chi connectivity index (χ0) is 10.3. The van der Waals surface area contributed by atoms with Crippen molar-refractivity contribution in [2.24, 2.45) is 5.92 Å². The van der Waals surface area contributed by atoms with Crippen LogP contribution in [0, 0.1) is 17.2 Å². The van der Waals surface area contributed by atoms with Gasteiger partial charge in [0.25, 0.3) is 0 Å². The quantitative estimate of drug-likeness (QED) is 0.691. The molecule has 1 atom stereocenters. The van der Waals surface area contributed by atoms with E-state index in [0.29, 0.717) is 0 Å². The molecule has 2 heteroatoms. The van der Waals surface area contributed by atoms with Crippen LogP contribution in [0.15, 0.2) is 24.3 Å². The SMILES string of the molecule is N#CC1CCc2c([nH]c3ccccc23)C1. The molecule has 0 aliphatic heterocycles. The highest BCUT2D eigenvalue weighted by Crippen LogP contribution is 2.30. The van der Waals surface area contributed by atoms with Crippen LogP contribution in [0.25, 0.3) is 10.9 Å². The molecule has 1 N–H and O–H groups in total. The second kappa shape index (κ2) is 3.13. The van der Waals surface area contributed by atoms with Crippen molar-refractivity contribution in [1.29, 1.82) is 5.26 Å². The highest BCUT2D eigenvalue weighted by molar-refractivity contribution is 5.84. The second-order valence-corrected chi connectivity index (χ2v) is 4.20. The molecule has 0 saturated carbocycles. The van der Waals surface area contributed by atoms with E-state index < -0.39 is 0 Å². The summed E-state index contributed by atoms with van der Waals surface area (Å²) < 4.78 is 0. The van der Waals surface area contributed by atoms with Crippen molar-refractivity contribution in [1.82, 2.24) is 4.98 Å². The number of aromatic nitrogens is 1. The maximum Gasteiger partial charge on any atom is 0.0659 e. The average Bonchev–Trinajstić information content (AvgIpc) is 2.66. The molecular formula is C13H12N2. The Morgan fingerprint density at radius 1 is 1.33 bits per heavy atom. The number of hydrogen-bond acceptors (Lipinski definition) is 1. The zero-order valence-electron chi connectivity index (χ0n) is 8.46. The number of H-pyrrole nitrogens is 1. The van der Waals surface area contributed by atoms with E-state index >= 15 is 0 Å². The fourth-order valence-corrected chi connectivity index (χ4v) is 2.49. The van der Waals surface area contributed by atoms with Crippen molar-refractivity contribution in [3.8, 4) is 6.07 Å². The van der Waals surface area contributed by atoms with E-state index in [2.05, 4.69) is 29.3 Å². The first-order valence-electron chi connectivity index (χ1n) is 5.36. The van der Waals surface area contributed by atoms with Crippen LogP contribution >= 0.6 is 0 Å². The Labute approximate surface area is 88.5 Å². The number of para-hydroxylation sites is 1. The molecule has 3 rings (SSSR count). The summed E-state index contributed by atoms with van der Waals surface area (Å²) in [4.78, 5) is 3.43. The Hall–Kier alpha value is -1.75. The monoisotopic (exact) mass is 196 g/mol. The summed E-state index contributed by atoms with van der Waals surface area (Å²) in [6, 6.07) is 10.8. The summed E-state index contributed by atoms with van der Waals surface area (Å²) in [7, 11) is 0. The summed E-state index contributed by atoms with van der Waals surface area (Å²) in [6.45, 7) is 0. The number of aromatic amines is 1. The summed E-state index contributed by atoms with van der Waals surface area (Å²) in [6.07, 6.45) is 2.93. The number of nitrogens with zero attached hydrogens (tertiary/aromatic N) is 1. The van der Waals surface area contributed by atoms with Gasteiger partial charge in [-0.15, -0.1) is 0 Å². The van der Waals surface area contributed by atoms with Crippen LogP contribution in [0.3, 0.4) is 0 Å². The normalized spacial score (nSPS) is 19.8. The first-order valence-corrected chi connectivity index (χ1v) is 5.36. The molecule has 0 fully saturated rings. The van der Waals surface area contributed by atoms with Gasteiger partial charge in [0.05, 0.1) is 12.0 Å². The molecule has 0 bridgehead atoms. The Morgan fingerprint density at radius 3 is 3.07 bits per heavy atom. The lowest BCUT2D eigenvalue weighted by molar-refractivity contribution is 0.560. The third-order valence-corrected chi connectivity index (χ3v) is 3.28. The van der Waals surface area contributed by atoms with Crippen LogP contribution < -0.4 is 0 Å². The number of nitrogens with one attached hydrogen (secondary N) is 1. The van der Waals surface area contributed by atoms with Crippen LogP contribution in [0.4, 0.5) is 0 Å². The molecule has 1 unspecified atom stereocenters. The first kappa shape index (κ1) is 8.55. The molecule has 74 valence electrons. The predicted octanol–water partition coefficient (Wildman–Crippen LogP) is 2.80. The van der Waals surface area contributed by atoms with Gasteiger partial charge in [-0.25, -0.2) is 0 Å².